The predicted molar refractivity (Wildman–Crippen MR) is 122 cm³/mol. The predicted octanol–water partition coefficient (Wildman–Crippen LogP) is 3.35. The van der Waals surface area contributed by atoms with Crippen molar-refractivity contribution < 1.29 is 13.2 Å². The van der Waals surface area contributed by atoms with E-state index in [0.29, 0.717) is 16.8 Å². The lowest BCUT2D eigenvalue weighted by Gasteiger charge is -2.12. The molecule has 2 aromatic carbocycles. The Morgan fingerprint density at radius 3 is 2.75 bits per heavy atom. The Balaban J connectivity index is 1.46. The molecule has 32 heavy (non-hydrogen) atoms. The van der Waals surface area contributed by atoms with Gasteiger partial charge in [0.1, 0.15) is 5.82 Å². The molecule has 0 bridgehead atoms. The highest BCUT2D eigenvalue weighted by Gasteiger charge is 2.19. The van der Waals surface area contributed by atoms with E-state index < -0.39 is 10.0 Å². The van der Waals surface area contributed by atoms with Crippen molar-refractivity contribution in [3.63, 3.8) is 0 Å². The molecule has 3 aromatic rings. The number of fused-ring (bicyclic) bond motifs is 1. The van der Waals surface area contributed by atoms with Gasteiger partial charge in [0.2, 0.25) is 0 Å². The quantitative estimate of drug-likeness (QED) is 0.595. The van der Waals surface area contributed by atoms with Crippen molar-refractivity contribution in [1.82, 2.24) is 20.1 Å². The molecule has 0 aliphatic carbocycles. The fraction of sp³-hybridized carbons (Fsp3) is 0.348. The molecule has 0 saturated heterocycles. The topological polar surface area (TPSA) is 106 Å². The third-order valence-corrected chi connectivity index (χ3v) is 7.13. The highest BCUT2D eigenvalue weighted by Crippen LogP contribution is 2.21. The van der Waals surface area contributed by atoms with Crippen molar-refractivity contribution in [1.29, 1.82) is 0 Å². The smallest absolute Gasteiger partial charge is 0.262 e. The Hall–Kier alpha value is -3.20. The molecule has 1 aromatic heterocycles. The van der Waals surface area contributed by atoms with E-state index in [2.05, 4.69) is 24.8 Å². The van der Waals surface area contributed by atoms with Crippen LogP contribution in [0.3, 0.4) is 0 Å². The molecule has 9 heteroatoms. The van der Waals surface area contributed by atoms with Gasteiger partial charge >= 0.3 is 0 Å². The summed E-state index contributed by atoms with van der Waals surface area (Å²) in [5, 5.41) is 11.3. The van der Waals surface area contributed by atoms with Gasteiger partial charge in [0, 0.05) is 24.2 Å². The van der Waals surface area contributed by atoms with Crippen LogP contribution in [0.25, 0.3) is 0 Å². The van der Waals surface area contributed by atoms with Crippen LogP contribution < -0.4 is 10.0 Å². The average molecular weight is 454 g/mol. The van der Waals surface area contributed by atoms with E-state index in [9.17, 15) is 13.2 Å². The van der Waals surface area contributed by atoms with Crippen LogP contribution in [0.1, 0.15) is 52.4 Å². The Morgan fingerprint density at radius 2 is 1.91 bits per heavy atom. The fourth-order valence-electron chi connectivity index (χ4n) is 3.87. The van der Waals surface area contributed by atoms with Gasteiger partial charge in [-0.15, -0.1) is 10.2 Å². The first-order valence-electron chi connectivity index (χ1n) is 10.7. The van der Waals surface area contributed by atoms with Gasteiger partial charge in [-0.25, -0.2) is 8.42 Å². The van der Waals surface area contributed by atoms with Gasteiger partial charge in [-0.05, 0) is 62.1 Å². The summed E-state index contributed by atoms with van der Waals surface area (Å²) in [5.41, 5.74) is 2.21. The number of carbonyl (C=O) groups is 1. The monoisotopic (exact) mass is 453 g/mol. The summed E-state index contributed by atoms with van der Waals surface area (Å²) in [6, 6.07) is 11.7. The summed E-state index contributed by atoms with van der Waals surface area (Å²) in [4.78, 5) is 12.9. The lowest BCUT2D eigenvalue weighted by Crippen LogP contribution is -2.25. The second-order valence-corrected chi connectivity index (χ2v) is 9.78. The Morgan fingerprint density at radius 1 is 1.06 bits per heavy atom. The average Bonchev–Trinajstić information content (AvgIpc) is 2.99. The van der Waals surface area contributed by atoms with Gasteiger partial charge in [0.25, 0.3) is 15.9 Å². The van der Waals surface area contributed by atoms with Gasteiger partial charge in [0.15, 0.2) is 5.82 Å². The summed E-state index contributed by atoms with van der Waals surface area (Å²) in [6.07, 6.45) is 4.26. The molecule has 168 valence electrons. The lowest BCUT2D eigenvalue weighted by molar-refractivity contribution is 0.0949. The van der Waals surface area contributed by atoms with Crippen LogP contribution in [-0.2, 0) is 29.5 Å². The molecule has 0 fully saturated rings. The Bertz CT molecular complexity index is 1250. The molecule has 2 heterocycles. The number of benzene rings is 2. The molecule has 1 aliphatic rings. The number of anilines is 1. The van der Waals surface area contributed by atoms with Crippen LogP contribution in [0.15, 0.2) is 47.4 Å². The van der Waals surface area contributed by atoms with E-state index >= 15 is 0 Å². The molecule has 8 nitrogen and oxygen atoms in total. The van der Waals surface area contributed by atoms with Crippen molar-refractivity contribution in [2.75, 3.05) is 4.72 Å². The lowest BCUT2D eigenvalue weighted by atomic mass is 10.2. The first-order valence-corrected chi connectivity index (χ1v) is 12.2. The number of nitrogens with zero attached hydrogens (tertiary/aromatic N) is 3. The number of aryl methyl sites for hydroxylation is 3. The van der Waals surface area contributed by atoms with Gasteiger partial charge < -0.3 is 9.88 Å². The van der Waals surface area contributed by atoms with Gasteiger partial charge in [0.05, 0.1) is 11.4 Å². The fourth-order valence-corrected chi connectivity index (χ4v) is 5.25. The summed E-state index contributed by atoms with van der Waals surface area (Å²) < 4.78 is 30.4. The molecule has 0 radical (unpaired) electrons. The second kappa shape index (κ2) is 9.12. The number of sulfonamides is 1. The number of rotatable bonds is 6. The van der Waals surface area contributed by atoms with Crippen LogP contribution in [0.4, 0.5) is 5.69 Å². The Kier molecular flexibility index (Phi) is 6.27. The standard InChI is InChI=1S/C23H27N5O3S/c1-16-10-11-17(2)20(13-16)32(30,31)27-19-8-6-7-18(14-19)23(29)24-15-22-26-25-21-9-4-3-5-12-28(21)22/h6-8,10-11,13-14,27H,3-5,9,12,15H2,1-2H3,(H,24,29). The highest BCUT2D eigenvalue weighted by atomic mass is 32.2. The summed E-state index contributed by atoms with van der Waals surface area (Å²) in [7, 11) is -3.77. The van der Waals surface area contributed by atoms with E-state index in [-0.39, 0.29) is 17.3 Å². The molecule has 1 aliphatic heterocycles. The molecule has 0 unspecified atom stereocenters. The van der Waals surface area contributed by atoms with Gasteiger partial charge in [-0.3, -0.25) is 9.52 Å². The highest BCUT2D eigenvalue weighted by molar-refractivity contribution is 7.92. The molecule has 0 saturated carbocycles. The molecule has 2 N–H and O–H groups in total. The van der Waals surface area contributed by atoms with E-state index in [1.165, 1.54) is 12.5 Å². The number of hydrogen-bond donors (Lipinski definition) is 2. The third kappa shape index (κ3) is 4.83. The molecule has 1 amide bonds. The van der Waals surface area contributed by atoms with Crippen LogP contribution in [0, 0.1) is 13.8 Å². The summed E-state index contributed by atoms with van der Waals surface area (Å²) in [6.45, 7) is 4.73. The SMILES string of the molecule is Cc1ccc(C)c(S(=O)(=O)Nc2cccc(C(=O)NCc3nnc4n3CCCCC4)c2)c1. The maximum atomic E-state index is 12.9. The number of aromatic nitrogens is 3. The molecule has 0 atom stereocenters. The van der Waals surface area contributed by atoms with E-state index in [1.54, 1.807) is 37.3 Å². The van der Waals surface area contributed by atoms with E-state index in [0.717, 1.165) is 43.0 Å². The zero-order chi connectivity index (χ0) is 22.7. The number of amides is 1. The molecular weight excluding hydrogens is 426 g/mol. The van der Waals surface area contributed by atoms with E-state index in [4.69, 9.17) is 0 Å². The minimum Gasteiger partial charge on any atom is -0.345 e. The van der Waals surface area contributed by atoms with Crippen LogP contribution in [0.5, 0.6) is 0 Å². The summed E-state index contributed by atoms with van der Waals surface area (Å²) in [5.74, 6) is 1.40. The second-order valence-electron chi connectivity index (χ2n) is 8.13. The van der Waals surface area contributed by atoms with Crippen molar-refractivity contribution in [3.8, 4) is 0 Å². The number of hydrogen-bond acceptors (Lipinski definition) is 5. The zero-order valence-electron chi connectivity index (χ0n) is 18.3. The van der Waals surface area contributed by atoms with Crippen molar-refractivity contribution in [3.05, 3.63) is 70.8 Å². The van der Waals surface area contributed by atoms with Crippen molar-refractivity contribution >= 4 is 21.6 Å². The molecule has 4 rings (SSSR count). The Labute approximate surface area is 188 Å². The van der Waals surface area contributed by atoms with Gasteiger partial charge in [-0.1, -0.05) is 24.6 Å². The van der Waals surface area contributed by atoms with Gasteiger partial charge in [-0.2, -0.15) is 0 Å². The summed E-state index contributed by atoms with van der Waals surface area (Å²) >= 11 is 0. The zero-order valence-corrected chi connectivity index (χ0v) is 19.1. The minimum absolute atomic E-state index is 0.222. The number of carbonyl (C=O) groups excluding carboxylic acids is 1. The normalized spacial score (nSPS) is 13.8. The largest absolute Gasteiger partial charge is 0.345 e. The minimum atomic E-state index is -3.77. The molecular formula is C23H27N5O3S. The van der Waals surface area contributed by atoms with Crippen molar-refractivity contribution in [2.24, 2.45) is 0 Å². The van der Waals surface area contributed by atoms with E-state index in [1.807, 2.05) is 13.0 Å². The van der Waals surface area contributed by atoms with Crippen LogP contribution >= 0.6 is 0 Å². The van der Waals surface area contributed by atoms with Crippen LogP contribution in [0.2, 0.25) is 0 Å². The number of nitrogens with one attached hydrogen (secondary N) is 2. The molecule has 0 spiro atoms. The van der Waals surface area contributed by atoms with Crippen LogP contribution in [-0.4, -0.2) is 29.1 Å². The maximum Gasteiger partial charge on any atom is 0.262 e. The maximum absolute atomic E-state index is 12.9. The first kappa shape index (κ1) is 22.0. The first-order chi connectivity index (χ1) is 15.3. The van der Waals surface area contributed by atoms with Crippen molar-refractivity contribution in [2.45, 2.75) is 57.5 Å². The third-order valence-electron chi connectivity index (χ3n) is 5.60.